The van der Waals surface area contributed by atoms with Crippen molar-refractivity contribution in [1.82, 2.24) is 24.7 Å². The molecule has 0 N–H and O–H groups in total. The molecule has 1 atom stereocenters. The highest BCUT2D eigenvalue weighted by molar-refractivity contribution is 7.14. The van der Waals surface area contributed by atoms with E-state index in [0.717, 1.165) is 43.6 Å². The van der Waals surface area contributed by atoms with Crippen LogP contribution in [-0.2, 0) is 4.74 Å². The lowest BCUT2D eigenvalue weighted by Gasteiger charge is -2.28. The SMILES string of the molecule is CC(CN1CCOCC1)c1nnc2scnn12. The van der Waals surface area contributed by atoms with E-state index in [-0.39, 0.29) is 0 Å². The van der Waals surface area contributed by atoms with E-state index < -0.39 is 0 Å². The number of fused-ring (bicyclic) bond motifs is 1. The second-order valence-corrected chi connectivity index (χ2v) is 5.12. The Bertz CT molecular complexity index is 490. The third-order valence-corrected chi connectivity index (χ3v) is 3.70. The molecule has 0 saturated carbocycles. The highest BCUT2D eigenvalue weighted by atomic mass is 32.1. The summed E-state index contributed by atoms with van der Waals surface area (Å²) in [6.07, 6.45) is 0. The van der Waals surface area contributed by atoms with Gasteiger partial charge in [-0.25, -0.2) is 0 Å². The van der Waals surface area contributed by atoms with Gasteiger partial charge in [0.1, 0.15) is 5.51 Å². The summed E-state index contributed by atoms with van der Waals surface area (Å²) in [6.45, 7) is 6.83. The van der Waals surface area contributed by atoms with Crippen LogP contribution in [0.4, 0.5) is 0 Å². The van der Waals surface area contributed by atoms with Crippen molar-refractivity contribution in [2.24, 2.45) is 0 Å². The first-order valence-corrected chi connectivity index (χ1v) is 6.67. The summed E-state index contributed by atoms with van der Waals surface area (Å²) < 4.78 is 7.19. The minimum Gasteiger partial charge on any atom is -0.379 e. The normalized spacial score (nSPS) is 19.8. The Morgan fingerprint density at radius 3 is 3.06 bits per heavy atom. The molecule has 1 unspecified atom stereocenters. The van der Waals surface area contributed by atoms with Gasteiger partial charge in [0.2, 0.25) is 4.96 Å². The first kappa shape index (κ1) is 11.1. The van der Waals surface area contributed by atoms with Crippen molar-refractivity contribution in [2.45, 2.75) is 12.8 Å². The number of hydrogen-bond acceptors (Lipinski definition) is 6. The van der Waals surface area contributed by atoms with Crippen LogP contribution >= 0.6 is 11.3 Å². The van der Waals surface area contributed by atoms with Gasteiger partial charge in [0, 0.05) is 25.6 Å². The summed E-state index contributed by atoms with van der Waals surface area (Å²) in [7, 11) is 0. The lowest BCUT2D eigenvalue weighted by atomic mass is 10.1. The lowest BCUT2D eigenvalue weighted by molar-refractivity contribution is 0.0353. The molecule has 0 bridgehead atoms. The van der Waals surface area contributed by atoms with E-state index in [0.29, 0.717) is 5.92 Å². The van der Waals surface area contributed by atoms with Gasteiger partial charge in [-0.1, -0.05) is 18.3 Å². The van der Waals surface area contributed by atoms with Gasteiger partial charge >= 0.3 is 0 Å². The minimum atomic E-state index is 0.338. The van der Waals surface area contributed by atoms with Crippen molar-refractivity contribution in [3.05, 3.63) is 11.3 Å². The van der Waals surface area contributed by atoms with Crippen LogP contribution in [0, 0.1) is 0 Å². The minimum absolute atomic E-state index is 0.338. The molecule has 1 aliphatic rings. The summed E-state index contributed by atoms with van der Waals surface area (Å²) in [5.74, 6) is 1.29. The number of morpholine rings is 1. The average molecular weight is 253 g/mol. The van der Waals surface area contributed by atoms with Gasteiger partial charge in [0.15, 0.2) is 5.82 Å². The molecule has 1 aliphatic heterocycles. The molecular formula is C10H15N5OS. The Hall–Kier alpha value is -1.05. The van der Waals surface area contributed by atoms with E-state index in [1.54, 1.807) is 5.51 Å². The van der Waals surface area contributed by atoms with E-state index in [1.165, 1.54) is 11.3 Å². The van der Waals surface area contributed by atoms with Crippen molar-refractivity contribution in [2.75, 3.05) is 32.8 Å². The molecule has 0 aliphatic carbocycles. The van der Waals surface area contributed by atoms with E-state index in [9.17, 15) is 0 Å². The standard InChI is InChI=1S/C10H15N5OS/c1-8(6-14-2-4-16-5-3-14)9-12-13-10-15(9)11-7-17-10/h7-8H,2-6H2,1H3. The maximum absolute atomic E-state index is 5.34. The van der Waals surface area contributed by atoms with Crippen LogP contribution < -0.4 is 0 Å². The molecule has 0 aromatic carbocycles. The average Bonchev–Trinajstić information content (AvgIpc) is 2.91. The fourth-order valence-electron chi connectivity index (χ4n) is 2.14. The topological polar surface area (TPSA) is 55.5 Å². The first-order chi connectivity index (χ1) is 8.34. The highest BCUT2D eigenvalue weighted by Gasteiger charge is 2.19. The second-order valence-electron chi connectivity index (χ2n) is 4.31. The molecule has 3 heterocycles. The molecule has 2 aromatic heterocycles. The van der Waals surface area contributed by atoms with Crippen LogP contribution in [0.5, 0.6) is 0 Å². The molecule has 1 fully saturated rings. The highest BCUT2D eigenvalue weighted by Crippen LogP contribution is 2.17. The quantitative estimate of drug-likeness (QED) is 0.802. The van der Waals surface area contributed by atoms with Gasteiger partial charge in [0.05, 0.1) is 13.2 Å². The molecular weight excluding hydrogens is 238 g/mol. The van der Waals surface area contributed by atoms with E-state index >= 15 is 0 Å². The Labute approximate surface area is 103 Å². The van der Waals surface area contributed by atoms with Crippen LogP contribution in [0.3, 0.4) is 0 Å². The maximum atomic E-state index is 5.34. The zero-order chi connectivity index (χ0) is 11.7. The largest absolute Gasteiger partial charge is 0.379 e. The van der Waals surface area contributed by atoms with Crippen LogP contribution in [-0.4, -0.2) is 57.6 Å². The molecule has 1 saturated heterocycles. The van der Waals surface area contributed by atoms with Gasteiger partial charge in [-0.2, -0.15) is 9.61 Å². The molecule has 17 heavy (non-hydrogen) atoms. The summed E-state index contributed by atoms with van der Waals surface area (Å²) in [6, 6.07) is 0. The summed E-state index contributed by atoms with van der Waals surface area (Å²) in [5.41, 5.74) is 1.80. The third-order valence-electron chi connectivity index (χ3n) is 3.03. The smallest absolute Gasteiger partial charge is 0.234 e. The molecule has 3 rings (SSSR count). The molecule has 0 spiro atoms. The number of ether oxygens (including phenoxy) is 1. The third kappa shape index (κ3) is 2.18. The maximum Gasteiger partial charge on any atom is 0.234 e. The van der Waals surface area contributed by atoms with Crippen LogP contribution in [0.2, 0.25) is 0 Å². The molecule has 6 nitrogen and oxygen atoms in total. The summed E-state index contributed by atoms with van der Waals surface area (Å²) in [4.78, 5) is 3.27. The number of hydrogen-bond donors (Lipinski definition) is 0. The summed E-state index contributed by atoms with van der Waals surface area (Å²) >= 11 is 1.52. The molecule has 0 amide bonds. The van der Waals surface area contributed by atoms with Crippen molar-refractivity contribution in [3.63, 3.8) is 0 Å². The molecule has 0 radical (unpaired) electrons. The van der Waals surface area contributed by atoms with Crippen molar-refractivity contribution >= 4 is 16.3 Å². The Morgan fingerprint density at radius 1 is 1.41 bits per heavy atom. The van der Waals surface area contributed by atoms with Crippen molar-refractivity contribution in [3.8, 4) is 0 Å². The van der Waals surface area contributed by atoms with Gasteiger partial charge in [0.25, 0.3) is 0 Å². The van der Waals surface area contributed by atoms with Crippen molar-refractivity contribution in [1.29, 1.82) is 0 Å². The predicted octanol–water partition coefficient (Wildman–Crippen LogP) is 0.621. The van der Waals surface area contributed by atoms with Crippen LogP contribution in [0.15, 0.2) is 5.51 Å². The zero-order valence-electron chi connectivity index (χ0n) is 9.74. The van der Waals surface area contributed by atoms with Crippen LogP contribution in [0.1, 0.15) is 18.7 Å². The Balaban J connectivity index is 1.73. The van der Waals surface area contributed by atoms with Gasteiger partial charge in [-0.05, 0) is 0 Å². The number of aromatic nitrogens is 4. The fourth-order valence-corrected chi connectivity index (χ4v) is 2.70. The van der Waals surface area contributed by atoms with E-state index in [4.69, 9.17) is 4.74 Å². The number of nitrogens with zero attached hydrogens (tertiary/aromatic N) is 5. The zero-order valence-corrected chi connectivity index (χ0v) is 10.6. The molecule has 92 valence electrons. The second kappa shape index (κ2) is 4.67. The number of rotatable bonds is 3. The lowest BCUT2D eigenvalue weighted by Crippen LogP contribution is -2.38. The molecule has 2 aromatic rings. The van der Waals surface area contributed by atoms with Gasteiger partial charge in [-0.3, -0.25) is 4.90 Å². The van der Waals surface area contributed by atoms with Gasteiger partial charge in [-0.15, -0.1) is 10.2 Å². The Morgan fingerprint density at radius 2 is 2.24 bits per heavy atom. The van der Waals surface area contributed by atoms with Crippen LogP contribution in [0.25, 0.3) is 4.96 Å². The van der Waals surface area contributed by atoms with E-state index in [2.05, 4.69) is 27.1 Å². The molecule has 7 heteroatoms. The monoisotopic (exact) mass is 253 g/mol. The first-order valence-electron chi connectivity index (χ1n) is 5.79. The van der Waals surface area contributed by atoms with Gasteiger partial charge < -0.3 is 4.74 Å². The summed E-state index contributed by atoms with van der Waals surface area (Å²) in [5, 5.41) is 12.6. The Kier molecular flexibility index (Phi) is 3.04. The predicted molar refractivity (Wildman–Crippen MR) is 64.3 cm³/mol. The fraction of sp³-hybridized carbons (Fsp3) is 0.700. The van der Waals surface area contributed by atoms with E-state index in [1.807, 2.05) is 4.52 Å². The van der Waals surface area contributed by atoms with Crippen molar-refractivity contribution < 1.29 is 4.74 Å².